The Morgan fingerprint density at radius 2 is 2.08 bits per heavy atom. The smallest absolute Gasteiger partial charge is 0.191 e. The number of hydrogen-bond donors (Lipinski definition) is 1. The van der Waals surface area contributed by atoms with E-state index < -0.39 is 0 Å². The Kier molecular flexibility index (Phi) is 7.10. The Morgan fingerprint density at radius 1 is 1.32 bits per heavy atom. The zero-order valence-corrected chi connectivity index (χ0v) is 17.1. The summed E-state index contributed by atoms with van der Waals surface area (Å²) in [6.07, 6.45) is 4.39. The van der Waals surface area contributed by atoms with Crippen molar-refractivity contribution < 1.29 is 4.74 Å². The molecule has 0 spiro atoms. The van der Waals surface area contributed by atoms with Crippen molar-refractivity contribution in [1.29, 1.82) is 0 Å². The van der Waals surface area contributed by atoms with Crippen LogP contribution in [0.2, 0.25) is 0 Å². The second-order valence-electron chi connectivity index (χ2n) is 6.32. The predicted octanol–water partition coefficient (Wildman–Crippen LogP) is 3.05. The lowest BCUT2D eigenvalue weighted by molar-refractivity contribution is 0.270. The summed E-state index contributed by atoms with van der Waals surface area (Å²) >= 11 is 0. The van der Waals surface area contributed by atoms with E-state index in [1.165, 1.54) is 12.8 Å². The molecule has 0 amide bonds. The molecule has 3 rings (SSSR count). The summed E-state index contributed by atoms with van der Waals surface area (Å²) in [5.41, 5.74) is 8.03. The first-order chi connectivity index (χ1) is 11.7. The maximum Gasteiger partial charge on any atom is 0.191 e. The molecule has 0 saturated carbocycles. The van der Waals surface area contributed by atoms with Gasteiger partial charge in [-0.2, -0.15) is 5.10 Å². The maximum atomic E-state index is 6.14. The van der Waals surface area contributed by atoms with Crippen LogP contribution in [0, 0.1) is 5.92 Å². The summed E-state index contributed by atoms with van der Waals surface area (Å²) in [6.45, 7) is 4.76. The van der Waals surface area contributed by atoms with Crippen molar-refractivity contribution in [2.24, 2.45) is 16.6 Å². The van der Waals surface area contributed by atoms with E-state index in [-0.39, 0.29) is 24.0 Å². The summed E-state index contributed by atoms with van der Waals surface area (Å²) in [4.78, 5) is 6.69. The predicted molar refractivity (Wildman–Crippen MR) is 111 cm³/mol. The second kappa shape index (κ2) is 9.07. The molecule has 136 valence electrons. The fraction of sp³-hybridized carbons (Fsp3) is 0.444. The van der Waals surface area contributed by atoms with Crippen LogP contribution in [0.1, 0.15) is 25.5 Å². The van der Waals surface area contributed by atoms with Crippen LogP contribution in [0.4, 0.5) is 0 Å². The van der Waals surface area contributed by atoms with Crippen molar-refractivity contribution in [2.45, 2.75) is 26.3 Å². The number of methoxy groups -OCH3 is 1. The van der Waals surface area contributed by atoms with Gasteiger partial charge in [-0.1, -0.05) is 6.92 Å². The number of nitrogens with two attached hydrogens (primary N) is 1. The number of guanidine groups is 1. The van der Waals surface area contributed by atoms with Crippen molar-refractivity contribution in [1.82, 2.24) is 14.7 Å². The third-order valence-corrected chi connectivity index (χ3v) is 4.37. The van der Waals surface area contributed by atoms with Gasteiger partial charge >= 0.3 is 0 Å². The van der Waals surface area contributed by atoms with Gasteiger partial charge in [-0.05, 0) is 49.1 Å². The van der Waals surface area contributed by atoms with E-state index in [4.69, 9.17) is 10.5 Å². The molecule has 6 nitrogen and oxygen atoms in total. The van der Waals surface area contributed by atoms with Gasteiger partial charge in [0.2, 0.25) is 0 Å². The molecule has 1 aliphatic rings. The van der Waals surface area contributed by atoms with Crippen molar-refractivity contribution in [2.75, 3.05) is 20.2 Å². The van der Waals surface area contributed by atoms with Gasteiger partial charge in [0.05, 0.1) is 25.0 Å². The number of nitrogens with zero attached hydrogens (tertiary/aromatic N) is 4. The van der Waals surface area contributed by atoms with Gasteiger partial charge in [-0.15, -0.1) is 24.0 Å². The topological polar surface area (TPSA) is 68.7 Å². The largest absolute Gasteiger partial charge is 0.497 e. The van der Waals surface area contributed by atoms with Gasteiger partial charge in [-0.25, -0.2) is 9.67 Å². The van der Waals surface area contributed by atoms with E-state index in [0.717, 1.165) is 30.2 Å². The summed E-state index contributed by atoms with van der Waals surface area (Å²) in [5.74, 6) is 2.14. The van der Waals surface area contributed by atoms with Crippen LogP contribution in [-0.4, -0.2) is 40.8 Å². The lowest BCUT2D eigenvalue weighted by Gasteiger charge is -2.31. The number of rotatable bonds is 4. The lowest BCUT2D eigenvalue weighted by Crippen LogP contribution is -2.43. The zero-order valence-electron chi connectivity index (χ0n) is 14.8. The standard InChI is InChI=1S/C18H25N5O.HI/c1-14-4-3-10-22(13-14)18(19)20-12-15-9-11-23(21-15)16-5-7-17(24-2)8-6-16;/h5-9,11,14H,3-4,10,12-13H2,1-2H3,(H2,19,20);1H. The number of piperidine rings is 1. The Bertz CT molecular complexity index is 698. The molecule has 2 aromatic rings. The van der Waals surface area contributed by atoms with Crippen LogP contribution in [-0.2, 0) is 6.54 Å². The minimum atomic E-state index is 0. The molecule has 2 heterocycles. The Morgan fingerprint density at radius 3 is 2.76 bits per heavy atom. The summed E-state index contributed by atoms with van der Waals surface area (Å²) in [5, 5.41) is 4.56. The molecule has 1 saturated heterocycles. The van der Waals surface area contributed by atoms with Gasteiger partial charge < -0.3 is 15.4 Å². The molecule has 1 unspecified atom stereocenters. The van der Waals surface area contributed by atoms with E-state index in [0.29, 0.717) is 18.4 Å². The molecule has 1 aromatic heterocycles. The van der Waals surface area contributed by atoms with Crippen molar-refractivity contribution >= 4 is 29.9 Å². The molecule has 25 heavy (non-hydrogen) atoms. The summed E-state index contributed by atoms with van der Waals surface area (Å²) in [6, 6.07) is 9.76. The summed E-state index contributed by atoms with van der Waals surface area (Å²) in [7, 11) is 1.66. The molecule has 2 N–H and O–H groups in total. The van der Waals surface area contributed by atoms with Gasteiger partial charge in [0.15, 0.2) is 5.96 Å². The summed E-state index contributed by atoms with van der Waals surface area (Å²) < 4.78 is 7.01. The molecule has 0 bridgehead atoms. The highest BCUT2D eigenvalue weighted by Gasteiger charge is 2.17. The van der Waals surface area contributed by atoms with Gasteiger partial charge in [0.25, 0.3) is 0 Å². The van der Waals surface area contributed by atoms with Crippen LogP contribution in [0.3, 0.4) is 0 Å². The first-order valence-corrected chi connectivity index (χ1v) is 8.39. The average molecular weight is 455 g/mol. The van der Waals surface area contributed by atoms with E-state index in [1.54, 1.807) is 7.11 Å². The first kappa shape index (κ1) is 19.6. The average Bonchev–Trinajstić information content (AvgIpc) is 3.09. The van der Waals surface area contributed by atoms with Gasteiger partial charge in [0.1, 0.15) is 5.75 Å². The Hall–Kier alpha value is -1.77. The van der Waals surface area contributed by atoms with Crippen LogP contribution < -0.4 is 10.5 Å². The number of aliphatic imine (C=N–C) groups is 1. The highest BCUT2D eigenvalue weighted by atomic mass is 127. The van der Waals surface area contributed by atoms with E-state index >= 15 is 0 Å². The number of benzene rings is 1. The lowest BCUT2D eigenvalue weighted by atomic mass is 10.0. The zero-order chi connectivity index (χ0) is 16.9. The molecule has 1 fully saturated rings. The second-order valence-corrected chi connectivity index (χ2v) is 6.32. The minimum absolute atomic E-state index is 0. The molecular weight excluding hydrogens is 429 g/mol. The van der Waals surface area contributed by atoms with Crippen LogP contribution >= 0.6 is 24.0 Å². The number of aromatic nitrogens is 2. The molecule has 1 aliphatic heterocycles. The Balaban J connectivity index is 0.00000225. The highest BCUT2D eigenvalue weighted by Crippen LogP contribution is 2.16. The molecule has 1 aromatic carbocycles. The number of ether oxygens (including phenoxy) is 1. The van der Waals surface area contributed by atoms with Crippen LogP contribution in [0.25, 0.3) is 5.69 Å². The molecule has 0 radical (unpaired) electrons. The monoisotopic (exact) mass is 455 g/mol. The van der Waals surface area contributed by atoms with Gasteiger partial charge in [0, 0.05) is 19.3 Å². The molecule has 0 aliphatic carbocycles. The first-order valence-electron chi connectivity index (χ1n) is 8.39. The highest BCUT2D eigenvalue weighted by molar-refractivity contribution is 14.0. The van der Waals surface area contributed by atoms with Crippen LogP contribution in [0.5, 0.6) is 5.75 Å². The maximum absolute atomic E-state index is 6.14. The van der Waals surface area contributed by atoms with Crippen LogP contribution in [0.15, 0.2) is 41.5 Å². The normalized spacial score (nSPS) is 17.9. The van der Waals surface area contributed by atoms with Crippen molar-refractivity contribution in [3.8, 4) is 11.4 Å². The van der Waals surface area contributed by atoms with Gasteiger partial charge in [-0.3, -0.25) is 0 Å². The quantitative estimate of drug-likeness (QED) is 0.437. The van der Waals surface area contributed by atoms with E-state index in [9.17, 15) is 0 Å². The van der Waals surface area contributed by atoms with Crippen molar-refractivity contribution in [3.05, 3.63) is 42.2 Å². The van der Waals surface area contributed by atoms with E-state index in [2.05, 4.69) is 21.9 Å². The number of hydrogen-bond acceptors (Lipinski definition) is 3. The fourth-order valence-corrected chi connectivity index (χ4v) is 2.98. The minimum Gasteiger partial charge on any atom is -0.497 e. The van der Waals surface area contributed by atoms with Crippen molar-refractivity contribution in [3.63, 3.8) is 0 Å². The number of likely N-dealkylation sites (tertiary alicyclic amines) is 1. The molecular formula is C18H26IN5O. The molecule has 1 atom stereocenters. The van der Waals surface area contributed by atoms with E-state index in [1.807, 2.05) is 41.2 Å². The Labute approximate surface area is 166 Å². The fourth-order valence-electron chi connectivity index (χ4n) is 2.98. The third kappa shape index (κ3) is 5.10. The number of halogens is 1. The third-order valence-electron chi connectivity index (χ3n) is 4.37. The SMILES string of the molecule is COc1ccc(-n2ccc(CN=C(N)N3CCCC(C)C3)n2)cc1.I. The molecule has 7 heteroatoms.